The average Bonchev–Trinajstić information content (AvgIpc) is 2.96. The minimum Gasteiger partial charge on any atom is -0.399 e. The van der Waals surface area contributed by atoms with Crippen LogP contribution in [0.15, 0.2) is 18.2 Å². The van der Waals surface area contributed by atoms with Crippen LogP contribution in [0.25, 0.3) is 0 Å². The Bertz CT molecular complexity index is 527. The molecule has 1 aromatic rings. The molecule has 2 rings (SSSR count). The highest BCUT2D eigenvalue weighted by Crippen LogP contribution is 2.21. The number of hydrogen-bond acceptors (Lipinski definition) is 5. The van der Waals surface area contributed by atoms with Gasteiger partial charge in [0.2, 0.25) is 0 Å². The fourth-order valence-corrected chi connectivity index (χ4v) is 2.44. The van der Waals surface area contributed by atoms with E-state index in [1.165, 1.54) is 31.0 Å². The van der Waals surface area contributed by atoms with E-state index < -0.39 is 10.8 Å². The van der Waals surface area contributed by atoms with Crippen molar-refractivity contribution in [2.75, 3.05) is 18.9 Å². The fraction of sp³-hybridized carbons (Fsp3) is 0.500. The van der Waals surface area contributed by atoms with Crippen molar-refractivity contribution in [1.29, 1.82) is 0 Å². The molecule has 7 heteroatoms. The zero-order valence-electron chi connectivity index (χ0n) is 11.7. The van der Waals surface area contributed by atoms with Crippen LogP contribution in [-0.2, 0) is 4.74 Å². The van der Waals surface area contributed by atoms with Crippen LogP contribution in [-0.4, -0.2) is 30.1 Å². The quantitative estimate of drug-likeness (QED) is 0.360. The summed E-state index contributed by atoms with van der Waals surface area (Å²) in [4.78, 5) is 22.3. The smallest absolute Gasteiger partial charge is 0.282 e. The Morgan fingerprint density at radius 2 is 2.14 bits per heavy atom. The van der Waals surface area contributed by atoms with E-state index in [1.807, 2.05) is 0 Å². The Morgan fingerprint density at radius 3 is 2.81 bits per heavy atom. The molecule has 0 aromatic heterocycles. The number of nitro benzene ring substituents is 1. The lowest BCUT2D eigenvalue weighted by molar-refractivity contribution is -0.385. The van der Waals surface area contributed by atoms with Crippen LogP contribution in [0.2, 0.25) is 0 Å². The van der Waals surface area contributed by atoms with Crippen LogP contribution < -0.4 is 11.1 Å². The number of nitro groups is 1. The van der Waals surface area contributed by atoms with Crippen LogP contribution >= 0.6 is 0 Å². The van der Waals surface area contributed by atoms with E-state index in [9.17, 15) is 14.9 Å². The summed E-state index contributed by atoms with van der Waals surface area (Å²) in [6, 6.07) is 3.95. The third kappa shape index (κ3) is 4.16. The highest BCUT2D eigenvalue weighted by atomic mass is 16.6. The molecule has 0 aliphatic heterocycles. The van der Waals surface area contributed by atoms with Crippen LogP contribution in [0.1, 0.15) is 36.0 Å². The van der Waals surface area contributed by atoms with Gasteiger partial charge in [0.15, 0.2) is 0 Å². The molecule has 1 aliphatic rings. The fourth-order valence-electron chi connectivity index (χ4n) is 2.44. The number of amides is 1. The first-order valence-electron chi connectivity index (χ1n) is 7.01. The van der Waals surface area contributed by atoms with Crippen molar-refractivity contribution in [2.24, 2.45) is 0 Å². The molecule has 7 nitrogen and oxygen atoms in total. The molecule has 0 atom stereocenters. The van der Waals surface area contributed by atoms with Gasteiger partial charge in [0.25, 0.3) is 11.6 Å². The first-order chi connectivity index (χ1) is 10.1. The molecule has 1 aromatic carbocycles. The largest absolute Gasteiger partial charge is 0.399 e. The molecule has 21 heavy (non-hydrogen) atoms. The van der Waals surface area contributed by atoms with Crippen molar-refractivity contribution < 1.29 is 14.5 Å². The number of benzene rings is 1. The molecule has 0 radical (unpaired) electrons. The van der Waals surface area contributed by atoms with Gasteiger partial charge in [0.05, 0.1) is 17.6 Å². The molecule has 3 N–H and O–H groups in total. The summed E-state index contributed by atoms with van der Waals surface area (Å²) >= 11 is 0. The summed E-state index contributed by atoms with van der Waals surface area (Å²) in [5, 5.41) is 13.5. The second-order valence-electron chi connectivity index (χ2n) is 5.07. The van der Waals surface area contributed by atoms with Crippen LogP contribution in [0.4, 0.5) is 11.4 Å². The Hall–Kier alpha value is -2.15. The number of hydrogen-bond donors (Lipinski definition) is 2. The van der Waals surface area contributed by atoms with Crippen LogP contribution in [0.5, 0.6) is 0 Å². The third-order valence-corrected chi connectivity index (χ3v) is 3.51. The van der Waals surface area contributed by atoms with Gasteiger partial charge in [-0.2, -0.15) is 0 Å². The van der Waals surface area contributed by atoms with Gasteiger partial charge in [-0.15, -0.1) is 0 Å². The summed E-state index contributed by atoms with van der Waals surface area (Å²) in [7, 11) is 0. The predicted molar refractivity (Wildman–Crippen MR) is 78.1 cm³/mol. The SMILES string of the molecule is Nc1ccc([N+](=O)[O-])c(C(=O)NCCOC2CCCC2)c1. The summed E-state index contributed by atoms with van der Waals surface area (Å²) in [6.45, 7) is 0.730. The Labute approximate surface area is 122 Å². The predicted octanol–water partition coefficient (Wildman–Crippen LogP) is 1.87. The maximum absolute atomic E-state index is 12.0. The number of rotatable bonds is 6. The topological polar surface area (TPSA) is 107 Å². The molecule has 1 saturated carbocycles. The Balaban J connectivity index is 1.87. The molecule has 114 valence electrons. The van der Waals surface area contributed by atoms with Crippen molar-refractivity contribution in [3.05, 3.63) is 33.9 Å². The van der Waals surface area contributed by atoms with Gasteiger partial charge in [-0.1, -0.05) is 12.8 Å². The normalized spacial score (nSPS) is 15.0. The zero-order valence-corrected chi connectivity index (χ0v) is 11.7. The maximum atomic E-state index is 12.0. The highest BCUT2D eigenvalue weighted by Gasteiger charge is 2.20. The second-order valence-corrected chi connectivity index (χ2v) is 5.07. The average molecular weight is 293 g/mol. The minimum absolute atomic E-state index is 0.0270. The molecule has 1 amide bonds. The molecule has 0 bridgehead atoms. The zero-order chi connectivity index (χ0) is 15.2. The van der Waals surface area contributed by atoms with Crippen molar-refractivity contribution in [3.8, 4) is 0 Å². The molecule has 0 heterocycles. The highest BCUT2D eigenvalue weighted by molar-refractivity contribution is 5.99. The molecule has 0 spiro atoms. The monoisotopic (exact) mass is 293 g/mol. The maximum Gasteiger partial charge on any atom is 0.282 e. The summed E-state index contributed by atoms with van der Waals surface area (Å²) in [5.41, 5.74) is 5.61. The van der Waals surface area contributed by atoms with Gasteiger partial charge in [0, 0.05) is 18.3 Å². The first kappa shape index (κ1) is 15.2. The van der Waals surface area contributed by atoms with E-state index in [0.717, 1.165) is 12.8 Å². The number of carbonyl (C=O) groups excluding carboxylic acids is 1. The van der Waals surface area contributed by atoms with E-state index in [2.05, 4.69) is 5.32 Å². The van der Waals surface area contributed by atoms with Crippen LogP contribution in [0.3, 0.4) is 0 Å². The summed E-state index contributed by atoms with van der Waals surface area (Å²) in [5.74, 6) is -0.510. The lowest BCUT2D eigenvalue weighted by atomic mass is 10.1. The number of nitrogens with two attached hydrogens (primary N) is 1. The summed E-state index contributed by atoms with van der Waals surface area (Å²) < 4.78 is 5.62. The van der Waals surface area contributed by atoms with Crippen molar-refractivity contribution in [3.63, 3.8) is 0 Å². The molecule has 1 fully saturated rings. The Morgan fingerprint density at radius 1 is 1.43 bits per heavy atom. The van der Waals surface area contributed by atoms with Crippen molar-refractivity contribution >= 4 is 17.3 Å². The van der Waals surface area contributed by atoms with E-state index >= 15 is 0 Å². The van der Waals surface area contributed by atoms with E-state index in [0.29, 0.717) is 18.8 Å². The number of carbonyl (C=O) groups is 1. The molecule has 1 aliphatic carbocycles. The van der Waals surface area contributed by atoms with E-state index in [4.69, 9.17) is 10.5 Å². The van der Waals surface area contributed by atoms with Crippen LogP contribution in [0, 0.1) is 10.1 Å². The van der Waals surface area contributed by atoms with Gasteiger partial charge in [0.1, 0.15) is 5.56 Å². The summed E-state index contributed by atoms with van der Waals surface area (Å²) in [6.07, 6.45) is 4.78. The molecule has 0 saturated heterocycles. The molecular weight excluding hydrogens is 274 g/mol. The molecule has 0 unspecified atom stereocenters. The van der Waals surface area contributed by atoms with Gasteiger partial charge >= 0.3 is 0 Å². The van der Waals surface area contributed by atoms with Gasteiger partial charge in [-0.3, -0.25) is 14.9 Å². The minimum atomic E-state index is -0.594. The standard InChI is InChI=1S/C14H19N3O4/c15-10-5-6-13(17(19)20)12(9-10)14(18)16-7-8-21-11-3-1-2-4-11/h5-6,9,11H,1-4,7-8,15H2,(H,16,18). The van der Waals surface area contributed by atoms with E-state index in [1.54, 1.807) is 0 Å². The number of anilines is 1. The van der Waals surface area contributed by atoms with Gasteiger partial charge in [-0.05, 0) is 25.0 Å². The second kappa shape index (κ2) is 7.03. The lowest BCUT2D eigenvalue weighted by Gasteiger charge is -2.11. The van der Waals surface area contributed by atoms with Crippen molar-refractivity contribution in [1.82, 2.24) is 5.32 Å². The first-order valence-corrected chi connectivity index (χ1v) is 7.01. The number of ether oxygens (including phenoxy) is 1. The number of nitrogens with one attached hydrogen (secondary N) is 1. The van der Waals surface area contributed by atoms with Gasteiger partial charge in [-0.25, -0.2) is 0 Å². The van der Waals surface area contributed by atoms with Gasteiger partial charge < -0.3 is 15.8 Å². The number of nitrogens with zero attached hydrogens (tertiary/aromatic N) is 1. The number of nitrogen functional groups attached to an aromatic ring is 1. The Kier molecular flexibility index (Phi) is 5.10. The van der Waals surface area contributed by atoms with E-state index in [-0.39, 0.29) is 17.4 Å². The lowest BCUT2D eigenvalue weighted by Crippen LogP contribution is -2.29. The van der Waals surface area contributed by atoms with Crippen molar-refractivity contribution in [2.45, 2.75) is 31.8 Å². The third-order valence-electron chi connectivity index (χ3n) is 3.51. The molecular formula is C14H19N3O4.